The van der Waals surface area contributed by atoms with E-state index in [0.717, 1.165) is 5.57 Å². The number of rotatable bonds is 4. The van der Waals surface area contributed by atoms with E-state index in [2.05, 4.69) is 16.7 Å². The highest BCUT2D eigenvalue weighted by Crippen LogP contribution is 2.24. The van der Waals surface area contributed by atoms with Crippen LogP contribution in [0.5, 0.6) is 5.75 Å². The van der Waals surface area contributed by atoms with Crippen molar-refractivity contribution in [2.75, 3.05) is 14.2 Å². The molecule has 0 aromatic heterocycles. The summed E-state index contributed by atoms with van der Waals surface area (Å²) in [4.78, 5) is 55.3. The number of hydrogen-bond acceptors (Lipinski definition) is 7. The largest absolute Gasteiger partial charge is 0.507 e. The highest BCUT2D eigenvalue weighted by Gasteiger charge is 2.33. The van der Waals surface area contributed by atoms with Gasteiger partial charge in [0.05, 0.1) is 16.8 Å². The summed E-state index contributed by atoms with van der Waals surface area (Å²) in [6.45, 7) is 5.35. The molecule has 3 N–H and O–H groups in total. The van der Waals surface area contributed by atoms with Crippen LogP contribution in [-0.4, -0.2) is 66.0 Å². The Kier molecular flexibility index (Phi) is 13.4. The minimum absolute atomic E-state index is 0.0579. The van der Waals surface area contributed by atoms with Crippen LogP contribution in [0.1, 0.15) is 64.0 Å². The number of carbonyl (C=O) groups excluding carboxylic acids is 4. The summed E-state index contributed by atoms with van der Waals surface area (Å²) >= 11 is 1.98. The van der Waals surface area contributed by atoms with Gasteiger partial charge in [-0.2, -0.15) is 0 Å². The molecular formula is C34H42IN3O7. The monoisotopic (exact) mass is 731 g/mol. The standard InChI is InChI=1S/C34H42IN3O7/c1-21-11-9-10-14-29(40)36-23(3)33(42)38(4)27(20-24-17-18-28(39)26(35)19-24)32(41)37-30(34(43)45-22(2)16-15-21)31(44-5)25-12-7-6-8-13-25/h6-8,11-13,17-19,22-23,27,39H,9-10,14-16,20H2,1-5H3,(H,36,40)(H,37,41)/b21-11+,31-30?. The first kappa shape index (κ1) is 35.6. The zero-order valence-corrected chi connectivity index (χ0v) is 28.6. The van der Waals surface area contributed by atoms with Crippen molar-refractivity contribution in [2.24, 2.45) is 0 Å². The Morgan fingerprint density at radius 1 is 1.09 bits per heavy atom. The molecule has 3 rings (SSSR count). The van der Waals surface area contributed by atoms with E-state index in [1.807, 2.05) is 35.6 Å². The van der Waals surface area contributed by atoms with Crippen LogP contribution in [0.25, 0.3) is 5.76 Å². The summed E-state index contributed by atoms with van der Waals surface area (Å²) in [5, 5.41) is 15.5. The summed E-state index contributed by atoms with van der Waals surface area (Å²) in [7, 11) is 2.88. The molecule has 0 aliphatic carbocycles. The summed E-state index contributed by atoms with van der Waals surface area (Å²) in [6, 6.07) is 11.7. The number of phenols is 1. The molecule has 1 heterocycles. The fourth-order valence-corrected chi connectivity index (χ4v) is 5.53. The highest BCUT2D eigenvalue weighted by molar-refractivity contribution is 14.1. The third-order valence-electron chi connectivity index (χ3n) is 7.58. The van der Waals surface area contributed by atoms with Gasteiger partial charge in [-0.3, -0.25) is 14.4 Å². The number of phenolic OH excluding ortho intramolecular Hbond substituents is 1. The molecule has 2 aromatic carbocycles. The molecule has 1 aliphatic rings. The predicted octanol–water partition coefficient (Wildman–Crippen LogP) is 4.84. The molecule has 1 aliphatic heterocycles. The van der Waals surface area contributed by atoms with Gasteiger partial charge in [0.1, 0.15) is 17.8 Å². The second-order valence-corrected chi connectivity index (χ2v) is 12.4. The molecule has 45 heavy (non-hydrogen) atoms. The number of ether oxygens (including phenoxy) is 2. The summed E-state index contributed by atoms with van der Waals surface area (Å²) < 4.78 is 12.0. The van der Waals surface area contributed by atoms with E-state index in [-0.39, 0.29) is 36.0 Å². The molecule has 0 saturated carbocycles. The average Bonchev–Trinajstić information content (AvgIpc) is 3.01. The second-order valence-electron chi connectivity index (χ2n) is 11.2. The number of likely N-dealkylation sites (N-methyl/N-ethyl adjacent to an activating group) is 1. The molecule has 0 radical (unpaired) electrons. The van der Waals surface area contributed by atoms with Crippen molar-refractivity contribution in [1.82, 2.24) is 15.5 Å². The molecule has 0 bridgehead atoms. The Labute approximate surface area is 278 Å². The lowest BCUT2D eigenvalue weighted by Crippen LogP contribution is -2.54. The Bertz CT molecular complexity index is 1440. The predicted molar refractivity (Wildman–Crippen MR) is 180 cm³/mol. The van der Waals surface area contributed by atoms with E-state index < -0.39 is 36.0 Å². The van der Waals surface area contributed by atoms with Crippen LogP contribution in [-0.2, 0) is 35.1 Å². The van der Waals surface area contributed by atoms with Gasteiger partial charge in [0.15, 0.2) is 11.5 Å². The number of carbonyl (C=O) groups is 4. The van der Waals surface area contributed by atoms with E-state index >= 15 is 0 Å². The molecule has 11 heteroatoms. The number of allylic oxidation sites excluding steroid dienone is 2. The summed E-state index contributed by atoms with van der Waals surface area (Å²) in [5.41, 5.74) is 2.13. The highest BCUT2D eigenvalue weighted by atomic mass is 127. The molecule has 10 nitrogen and oxygen atoms in total. The topological polar surface area (TPSA) is 134 Å². The van der Waals surface area contributed by atoms with Crippen LogP contribution in [0.2, 0.25) is 0 Å². The fourth-order valence-electron chi connectivity index (χ4n) is 4.95. The van der Waals surface area contributed by atoms with Gasteiger partial charge in [0, 0.05) is 25.5 Å². The Morgan fingerprint density at radius 2 is 1.80 bits per heavy atom. The van der Waals surface area contributed by atoms with E-state index in [1.54, 1.807) is 50.2 Å². The van der Waals surface area contributed by atoms with Crippen molar-refractivity contribution in [2.45, 2.75) is 77.5 Å². The molecule has 242 valence electrons. The van der Waals surface area contributed by atoms with Crippen LogP contribution < -0.4 is 10.6 Å². The zero-order chi connectivity index (χ0) is 33.1. The third kappa shape index (κ3) is 10.3. The number of methoxy groups -OCH3 is 1. The van der Waals surface area contributed by atoms with Crippen LogP contribution in [0, 0.1) is 3.57 Å². The van der Waals surface area contributed by atoms with Gasteiger partial charge < -0.3 is 30.1 Å². The number of esters is 1. The number of halogens is 1. The van der Waals surface area contributed by atoms with Gasteiger partial charge in [0.2, 0.25) is 17.7 Å². The molecule has 2 aromatic rings. The number of aromatic hydroxyl groups is 1. The van der Waals surface area contributed by atoms with E-state index in [9.17, 15) is 24.3 Å². The summed E-state index contributed by atoms with van der Waals surface area (Å²) in [6.07, 6.45) is 4.45. The van der Waals surface area contributed by atoms with Crippen LogP contribution in [0.4, 0.5) is 0 Å². The van der Waals surface area contributed by atoms with Gasteiger partial charge in [-0.1, -0.05) is 48.0 Å². The van der Waals surface area contributed by atoms with Crippen molar-refractivity contribution < 1.29 is 33.8 Å². The van der Waals surface area contributed by atoms with E-state index in [4.69, 9.17) is 9.47 Å². The van der Waals surface area contributed by atoms with Crippen molar-refractivity contribution in [1.29, 1.82) is 0 Å². The van der Waals surface area contributed by atoms with Crippen LogP contribution >= 0.6 is 22.6 Å². The smallest absolute Gasteiger partial charge is 0.359 e. The first-order valence-corrected chi connectivity index (χ1v) is 16.0. The van der Waals surface area contributed by atoms with Gasteiger partial charge in [-0.25, -0.2) is 4.79 Å². The number of nitrogens with one attached hydrogen (secondary N) is 2. The minimum atomic E-state index is -1.11. The Morgan fingerprint density at radius 3 is 2.47 bits per heavy atom. The van der Waals surface area contributed by atoms with Gasteiger partial charge >= 0.3 is 5.97 Å². The first-order valence-electron chi connectivity index (χ1n) is 15.0. The SMILES string of the molecule is COC(=C1NC(=O)C(Cc2ccc(O)c(I)c2)N(C)C(=O)C(C)NC(=O)CCC/C=C(\C)CCC(C)OC1=O)c1ccccc1. The zero-order valence-electron chi connectivity index (χ0n) is 26.4. The lowest BCUT2D eigenvalue weighted by atomic mass is 10.0. The van der Waals surface area contributed by atoms with Crippen molar-refractivity contribution in [3.05, 3.63) is 80.6 Å². The number of cyclic esters (lactones) is 1. The Balaban J connectivity index is 2.09. The lowest BCUT2D eigenvalue weighted by molar-refractivity contribution is -0.146. The molecule has 3 atom stereocenters. The van der Waals surface area contributed by atoms with Crippen LogP contribution in [0.3, 0.4) is 0 Å². The van der Waals surface area contributed by atoms with Crippen molar-refractivity contribution in [3.63, 3.8) is 0 Å². The maximum Gasteiger partial charge on any atom is 0.359 e. The summed E-state index contributed by atoms with van der Waals surface area (Å²) in [5.74, 6) is -1.98. The van der Waals surface area contributed by atoms with E-state index in [1.165, 1.54) is 25.1 Å². The first-order chi connectivity index (χ1) is 21.4. The second kappa shape index (κ2) is 17.0. The van der Waals surface area contributed by atoms with Gasteiger partial charge in [0.25, 0.3) is 0 Å². The number of hydrogen-bond donors (Lipinski definition) is 3. The molecular weight excluding hydrogens is 689 g/mol. The molecule has 3 unspecified atom stereocenters. The molecule has 0 fully saturated rings. The maximum atomic E-state index is 14.1. The quantitative estimate of drug-likeness (QED) is 0.135. The van der Waals surface area contributed by atoms with Crippen molar-refractivity contribution >= 4 is 52.0 Å². The number of benzene rings is 2. The minimum Gasteiger partial charge on any atom is -0.507 e. The number of nitrogens with zero attached hydrogens (tertiary/aromatic N) is 1. The lowest BCUT2D eigenvalue weighted by Gasteiger charge is -2.30. The fraction of sp³-hybridized carbons (Fsp3) is 0.412. The van der Waals surface area contributed by atoms with Crippen molar-refractivity contribution in [3.8, 4) is 5.75 Å². The maximum absolute atomic E-state index is 14.1. The van der Waals surface area contributed by atoms with E-state index in [0.29, 0.717) is 40.4 Å². The molecule has 0 spiro atoms. The van der Waals surface area contributed by atoms with Gasteiger partial charge in [-0.15, -0.1) is 0 Å². The average molecular weight is 732 g/mol. The Hall–Kier alpha value is -3.87. The van der Waals surface area contributed by atoms with Crippen LogP contribution in [0.15, 0.2) is 65.9 Å². The molecule has 3 amide bonds. The normalized spacial score (nSPS) is 23.7. The third-order valence-corrected chi connectivity index (χ3v) is 8.44. The molecule has 0 saturated heterocycles. The van der Waals surface area contributed by atoms with Gasteiger partial charge in [-0.05, 0) is 86.7 Å². The number of amides is 3.